The summed E-state index contributed by atoms with van der Waals surface area (Å²) < 4.78 is 5.48. The maximum Gasteiger partial charge on any atom is 0.261 e. The van der Waals surface area contributed by atoms with E-state index in [1.165, 1.54) is 4.90 Å². The number of amides is 2. The topological polar surface area (TPSA) is 73.3 Å². The average Bonchev–Trinajstić information content (AvgIpc) is 2.77. The highest BCUT2D eigenvalue weighted by atomic mass is 35.5. The summed E-state index contributed by atoms with van der Waals surface area (Å²) in [7, 11) is 0. The number of hydrogen-bond acceptors (Lipinski definition) is 6. The number of halogens is 1. The Morgan fingerprint density at radius 3 is 2.03 bits per heavy atom. The van der Waals surface area contributed by atoms with Crippen molar-refractivity contribution in [1.29, 1.82) is 0 Å². The summed E-state index contributed by atoms with van der Waals surface area (Å²) in [5.74, 6) is -0.414. The number of ether oxygens (including phenoxy) is 1. The average molecular weight is 462 g/mol. The smallest absolute Gasteiger partial charge is 0.261 e. The van der Waals surface area contributed by atoms with E-state index < -0.39 is 6.10 Å². The minimum Gasteiger partial charge on any atom is -0.389 e. The first-order valence-electron chi connectivity index (χ1n) is 11.1. The molecule has 0 radical (unpaired) electrons. The second-order valence-electron chi connectivity index (χ2n) is 8.65. The number of hydrogen-bond donors (Lipinski definition) is 1. The SMILES string of the molecule is CC(C)OCC(O)CN1CCN(CCN2C(=O)c3cccc4cccc(c34)C2=O)CC1.Cl. The lowest BCUT2D eigenvalue weighted by atomic mass is 9.94. The molecule has 1 saturated heterocycles. The minimum absolute atomic E-state index is 0. The first-order chi connectivity index (χ1) is 14.9. The van der Waals surface area contributed by atoms with Gasteiger partial charge in [0.15, 0.2) is 0 Å². The molecule has 7 nitrogen and oxygen atoms in total. The maximum atomic E-state index is 13.0. The standard InChI is InChI=1S/C24H31N3O4.ClH/c1-17(2)31-16-19(28)15-26-11-9-25(10-12-26)13-14-27-23(29)20-7-3-5-18-6-4-8-21(22(18)20)24(27)30;/h3-8,17,19,28H,9-16H2,1-2H3;1H. The first kappa shape index (κ1) is 24.6. The van der Waals surface area contributed by atoms with Crippen molar-refractivity contribution >= 4 is 35.0 Å². The van der Waals surface area contributed by atoms with Crippen molar-refractivity contribution in [2.45, 2.75) is 26.1 Å². The van der Waals surface area contributed by atoms with E-state index in [9.17, 15) is 14.7 Å². The molecule has 32 heavy (non-hydrogen) atoms. The molecule has 2 aromatic rings. The number of carbonyl (C=O) groups is 2. The molecule has 0 aromatic heterocycles. The number of carbonyl (C=O) groups excluding carboxylic acids is 2. The number of nitrogens with zero attached hydrogens (tertiary/aromatic N) is 3. The summed E-state index contributed by atoms with van der Waals surface area (Å²) in [6.07, 6.45) is -0.369. The molecular weight excluding hydrogens is 430 g/mol. The van der Waals surface area contributed by atoms with Crippen molar-refractivity contribution in [3.63, 3.8) is 0 Å². The monoisotopic (exact) mass is 461 g/mol. The van der Waals surface area contributed by atoms with Crippen molar-refractivity contribution in [2.75, 3.05) is 52.4 Å². The van der Waals surface area contributed by atoms with E-state index in [0.29, 0.717) is 37.4 Å². The van der Waals surface area contributed by atoms with Gasteiger partial charge in [-0.2, -0.15) is 0 Å². The van der Waals surface area contributed by atoms with Gasteiger partial charge in [-0.25, -0.2) is 0 Å². The fourth-order valence-electron chi connectivity index (χ4n) is 4.37. The van der Waals surface area contributed by atoms with Crippen LogP contribution in [0.25, 0.3) is 10.8 Å². The van der Waals surface area contributed by atoms with Gasteiger partial charge in [0.25, 0.3) is 11.8 Å². The fraction of sp³-hybridized carbons (Fsp3) is 0.500. The minimum atomic E-state index is -0.486. The molecule has 0 bridgehead atoms. The van der Waals surface area contributed by atoms with E-state index >= 15 is 0 Å². The van der Waals surface area contributed by atoms with Crippen LogP contribution in [0.15, 0.2) is 36.4 Å². The molecule has 2 aliphatic heterocycles. The Hall–Kier alpha value is -2.03. The van der Waals surface area contributed by atoms with Crippen LogP contribution in [0.2, 0.25) is 0 Å². The third kappa shape index (κ3) is 5.30. The van der Waals surface area contributed by atoms with Crippen molar-refractivity contribution < 1.29 is 19.4 Å². The van der Waals surface area contributed by atoms with Crippen LogP contribution in [-0.4, -0.2) is 96.2 Å². The van der Waals surface area contributed by atoms with Gasteiger partial charge in [0.05, 0.1) is 18.8 Å². The zero-order valence-corrected chi connectivity index (χ0v) is 19.5. The lowest BCUT2D eigenvalue weighted by Gasteiger charge is -2.36. The molecule has 174 valence electrons. The van der Waals surface area contributed by atoms with Crippen molar-refractivity contribution in [3.05, 3.63) is 47.5 Å². The van der Waals surface area contributed by atoms with E-state index in [4.69, 9.17) is 4.74 Å². The molecule has 4 rings (SSSR count). The maximum absolute atomic E-state index is 13.0. The predicted molar refractivity (Wildman–Crippen MR) is 127 cm³/mol. The third-order valence-corrected chi connectivity index (χ3v) is 6.05. The molecular formula is C24H32ClN3O4. The molecule has 0 aliphatic carbocycles. The summed E-state index contributed by atoms with van der Waals surface area (Å²) in [6, 6.07) is 11.2. The summed E-state index contributed by atoms with van der Waals surface area (Å²) in [6.45, 7) is 9.31. The quantitative estimate of drug-likeness (QED) is 0.608. The van der Waals surface area contributed by atoms with Crippen LogP contribution in [0.5, 0.6) is 0 Å². The summed E-state index contributed by atoms with van der Waals surface area (Å²) in [4.78, 5) is 31.9. The molecule has 1 unspecified atom stereocenters. The van der Waals surface area contributed by atoms with Gasteiger partial charge in [0, 0.05) is 62.3 Å². The molecule has 2 aromatic carbocycles. The number of aliphatic hydroxyl groups excluding tert-OH is 1. The second-order valence-corrected chi connectivity index (χ2v) is 8.65. The Morgan fingerprint density at radius 1 is 0.906 bits per heavy atom. The van der Waals surface area contributed by atoms with Gasteiger partial charge in [0.2, 0.25) is 0 Å². The van der Waals surface area contributed by atoms with E-state index in [0.717, 1.165) is 37.0 Å². The number of rotatable bonds is 8. The normalized spacial score (nSPS) is 18.3. The van der Waals surface area contributed by atoms with Gasteiger partial charge < -0.3 is 9.84 Å². The number of β-amino-alcohol motifs (C(OH)–C–C–N with tert-alkyl or cyclic N) is 1. The molecule has 0 spiro atoms. The largest absolute Gasteiger partial charge is 0.389 e. The number of imide groups is 1. The Morgan fingerprint density at radius 2 is 1.47 bits per heavy atom. The molecule has 2 aliphatic rings. The molecule has 1 atom stereocenters. The van der Waals surface area contributed by atoms with E-state index in [1.54, 1.807) is 12.1 Å². The summed E-state index contributed by atoms with van der Waals surface area (Å²) in [5, 5.41) is 11.8. The van der Waals surface area contributed by atoms with Crippen LogP contribution in [0, 0.1) is 0 Å². The van der Waals surface area contributed by atoms with Crippen LogP contribution in [0.1, 0.15) is 34.6 Å². The summed E-state index contributed by atoms with van der Waals surface area (Å²) in [5.41, 5.74) is 1.21. The molecule has 1 N–H and O–H groups in total. The van der Waals surface area contributed by atoms with E-state index in [2.05, 4.69) is 9.80 Å². The lowest BCUT2D eigenvalue weighted by Crippen LogP contribution is -2.51. The highest BCUT2D eigenvalue weighted by Gasteiger charge is 2.32. The van der Waals surface area contributed by atoms with Gasteiger partial charge in [-0.1, -0.05) is 24.3 Å². The molecule has 8 heteroatoms. The zero-order valence-electron chi connectivity index (χ0n) is 18.7. The summed E-state index contributed by atoms with van der Waals surface area (Å²) >= 11 is 0. The number of benzene rings is 2. The lowest BCUT2D eigenvalue weighted by molar-refractivity contribution is -0.0147. The van der Waals surface area contributed by atoms with Crippen LogP contribution in [0.3, 0.4) is 0 Å². The van der Waals surface area contributed by atoms with Crippen molar-refractivity contribution in [3.8, 4) is 0 Å². The second kappa shape index (κ2) is 10.7. The van der Waals surface area contributed by atoms with Gasteiger partial charge in [-0.3, -0.25) is 24.3 Å². The zero-order chi connectivity index (χ0) is 22.0. The Balaban J connectivity index is 0.00000289. The third-order valence-electron chi connectivity index (χ3n) is 6.05. The molecule has 1 fully saturated rings. The van der Waals surface area contributed by atoms with Crippen LogP contribution in [0.4, 0.5) is 0 Å². The number of piperazine rings is 1. The highest BCUT2D eigenvalue weighted by molar-refractivity contribution is 6.25. The highest BCUT2D eigenvalue weighted by Crippen LogP contribution is 2.29. The first-order valence-corrected chi connectivity index (χ1v) is 11.1. The van der Waals surface area contributed by atoms with Crippen molar-refractivity contribution in [2.24, 2.45) is 0 Å². The number of aliphatic hydroxyl groups is 1. The molecule has 0 saturated carbocycles. The van der Waals surface area contributed by atoms with Gasteiger partial charge >= 0.3 is 0 Å². The van der Waals surface area contributed by atoms with Crippen LogP contribution < -0.4 is 0 Å². The van der Waals surface area contributed by atoms with Gasteiger partial charge in [0.1, 0.15) is 0 Å². The van der Waals surface area contributed by atoms with Crippen LogP contribution in [-0.2, 0) is 4.74 Å². The van der Waals surface area contributed by atoms with E-state index in [-0.39, 0.29) is 30.3 Å². The Bertz CT molecular complexity index is 909. The van der Waals surface area contributed by atoms with E-state index in [1.807, 2.05) is 38.1 Å². The van der Waals surface area contributed by atoms with Crippen molar-refractivity contribution in [1.82, 2.24) is 14.7 Å². The predicted octanol–water partition coefficient (Wildman–Crippen LogP) is 2.26. The Kier molecular flexibility index (Phi) is 8.25. The fourth-order valence-corrected chi connectivity index (χ4v) is 4.37. The Labute approximate surface area is 195 Å². The van der Waals surface area contributed by atoms with Gasteiger partial charge in [-0.15, -0.1) is 12.4 Å². The molecule has 2 amide bonds. The van der Waals surface area contributed by atoms with Gasteiger partial charge in [-0.05, 0) is 31.4 Å². The molecule has 2 heterocycles. The van der Waals surface area contributed by atoms with Crippen LogP contribution >= 0.6 is 12.4 Å².